The summed E-state index contributed by atoms with van der Waals surface area (Å²) in [4.78, 5) is 0.342. The number of nitrogens with two attached hydrogens (primary N) is 1. The zero-order valence-electron chi connectivity index (χ0n) is 12.9. The van der Waals surface area contributed by atoms with Gasteiger partial charge in [0, 0.05) is 12.6 Å². The Morgan fingerprint density at radius 3 is 2.24 bits per heavy atom. The molecule has 1 aliphatic carbocycles. The number of rotatable bonds is 5. The van der Waals surface area contributed by atoms with Crippen LogP contribution in [0.4, 0.5) is 0 Å². The lowest BCUT2D eigenvalue weighted by Crippen LogP contribution is -2.45. The minimum atomic E-state index is -3.50. The van der Waals surface area contributed by atoms with Crippen LogP contribution in [0, 0.1) is 19.8 Å². The van der Waals surface area contributed by atoms with E-state index in [9.17, 15) is 8.42 Å². The van der Waals surface area contributed by atoms with Gasteiger partial charge in [-0.05, 0) is 55.9 Å². The van der Waals surface area contributed by atoms with Crippen LogP contribution in [-0.2, 0) is 10.0 Å². The van der Waals surface area contributed by atoms with Crippen molar-refractivity contribution < 1.29 is 8.42 Å². The molecule has 5 heteroatoms. The molecule has 1 atom stereocenters. The summed E-state index contributed by atoms with van der Waals surface area (Å²) in [5.74, 6) is 0.365. The van der Waals surface area contributed by atoms with Crippen LogP contribution in [0.1, 0.15) is 43.2 Å². The molecule has 0 radical (unpaired) electrons. The Morgan fingerprint density at radius 1 is 1.14 bits per heavy atom. The lowest BCUT2D eigenvalue weighted by atomic mass is 9.84. The summed E-state index contributed by atoms with van der Waals surface area (Å²) in [7, 11) is -3.50. The van der Waals surface area contributed by atoms with Crippen molar-refractivity contribution in [2.24, 2.45) is 11.7 Å². The van der Waals surface area contributed by atoms with Crippen LogP contribution in [-0.4, -0.2) is 21.0 Å². The SMILES string of the molecule is Cc1cc(C)cc(S(=O)(=O)NC(CN)C2CCCCC2)c1. The average molecular weight is 310 g/mol. The third-order valence-corrected chi connectivity index (χ3v) is 5.75. The van der Waals surface area contributed by atoms with Crippen LogP contribution in [0.25, 0.3) is 0 Å². The van der Waals surface area contributed by atoms with E-state index in [1.54, 1.807) is 12.1 Å². The second-order valence-corrected chi connectivity index (χ2v) is 7.90. The standard InChI is InChI=1S/C16H26N2O2S/c1-12-8-13(2)10-15(9-12)21(19,20)18-16(11-17)14-6-4-3-5-7-14/h8-10,14,16,18H,3-7,11,17H2,1-2H3. The van der Waals surface area contributed by atoms with E-state index >= 15 is 0 Å². The summed E-state index contributed by atoms with van der Waals surface area (Å²) in [5, 5.41) is 0. The van der Waals surface area contributed by atoms with E-state index in [-0.39, 0.29) is 6.04 Å². The molecule has 1 saturated carbocycles. The smallest absolute Gasteiger partial charge is 0.240 e. The molecular weight excluding hydrogens is 284 g/mol. The van der Waals surface area contributed by atoms with E-state index in [4.69, 9.17) is 5.73 Å². The molecule has 21 heavy (non-hydrogen) atoms. The molecule has 0 amide bonds. The lowest BCUT2D eigenvalue weighted by Gasteiger charge is -2.29. The third kappa shape index (κ3) is 4.28. The van der Waals surface area contributed by atoms with Gasteiger partial charge in [-0.15, -0.1) is 0 Å². The van der Waals surface area contributed by atoms with Crippen molar-refractivity contribution >= 4 is 10.0 Å². The van der Waals surface area contributed by atoms with Gasteiger partial charge in [0.15, 0.2) is 0 Å². The van der Waals surface area contributed by atoms with Gasteiger partial charge < -0.3 is 5.73 Å². The minimum absolute atomic E-state index is 0.156. The van der Waals surface area contributed by atoms with E-state index < -0.39 is 10.0 Å². The zero-order chi connectivity index (χ0) is 15.5. The molecule has 1 fully saturated rings. The molecule has 118 valence electrons. The second kappa shape index (κ2) is 6.90. The highest BCUT2D eigenvalue weighted by Gasteiger charge is 2.27. The molecule has 1 aromatic carbocycles. The highest BCUT2D eigenvalue weighted by atomic mass is 32.2. The van der Waals surface area contributed by atoms with Gasteiger partial charge >= 0.3 is 0 Å². The summed E-state index contributed by atoms with van der Waals surface area (Å²) in [6, 6.07) is 5.24. The van der Waals surface area contributed by atoms with Crippen LogP contribution in [0.3, 0.4) is 0 Å². The van der Waals surface area contributed by atoms with Gasteiger partial charge in [0.1, 0.15) is 0 Å². The van der Waals surface area contributed by atoms with Crippen molar-refractivity contribution in [3.8, 4) is 0 Å². The maximum Gasteiger partial charge on any atom is 0.240 e. The molecule has 0 spiro atoms. The first-order valence-corrected chi connectivity index (χ1v) is 9.21. The van der Waals surface area contributed by atoms with Gasteiger partial charge in [0.25, 0.3) is 0 Å². The largest absolute Gasteiger partial charge is 0.329 e. The Balaban J connectivity index is 2.18. The summed E-state index contributed by atoms with van der Waals surface area (Å²) in [5.41, 5.74) is 7.73. The van der Waals surface area contributed by atoms with Crippen molar-refractivity contribution in [3.63, 3.8) is 0 Å². The summed E-state index contributed by atoms with van der Waals surface area (Å²) < 4.78 is 28.0. The molecule has 0 heterocycles. The van der Waals surface area contributed by atoms with Gasteiger partial charge in [0.05, 0.1) is 4.90 Å². The summed E-state index contributed by atoms with van der Waals surface area (Å²) >= 11 is 0. The molecule has 0 bridgehead atoms. The number of aryl methyl sites for hydroxylation is 2. The van der Waals surface area contributed by atoms with E-state index in [0.29, 0.717) is 17.4 Å². The maximum atomic E-state index is 12.6. The Kier molecular flexibility index (Phi) is 5.41. The molecular formula is C16H26N2O2S. The van der Waals surface area contributed by atoms with E-state index in [2.05, 4.69) is 4.72 Å². The second-order valence-electron chi connectivity index (χ2n) is 6.18. The van der Waals surface area contributed by atoms with Crippen LogP contribution in [0.15, 0.2) is 23.1 Å². The van der Waals surface area contributed by atoms with Gasteiger partial charge in [0.2, 0.25) is 10.0 Å². The van der Waals surface area contributed by atoms with Gasteiger partial charge in [-0.1, -0.05) is 25.3 Å². The predicted octanol–water partition coefficient (Wildman–Crippen LogP) is 2.49. The molecule has 1 aliphatic rings. The number of sulfonamides is 1. The van der Waals surface area contributed by atoms with Gasteiger partial charge in [-0.3, -0.25) is 0 Å². The third-order valence-electron chi connectivity index (χ3n) is 4.28. The van der Waals surface area contributed by atoms with Crippen molar-refractivity contribution in [1.29, 1.82) is 0 Å². The molecule has 1 aromatic rings. The van der Waals surface area contributed by atoms with Crippen LogP contribution >= 0.6 is 0 Å². The average Bonchev–Trinajstić information content (AvgIpc) is 2.45. The fraction of sp³-hybridized carbons (Fsp3) is 0.625. The quantitative estimate of drug-likeness (QED) is 0.877. The Bertz CT molecular complexity index is 558. The first-order chi connectivity index (χ1) is 9.92. The van der Waals surface area contributed by atoms with Crippen LogP contribution in [0.5, 0.6) is 0 Å². The first kappa shape index (κ1) is 16.5. The van der Waals surface area contributed by atoms with Crippen molar-refractivity contribution in [2.75, 3.05) is 6.54 Å². The lowest BCUT2D eigenvalue weighted by molar-refractivity contribution is 0.294. The molecule has 4 nitrogen and oxygen atoms in total. The monoisotopic (exact) mass is 310 g/mol. The Labute approximate surface area is 128 Å². The fourth-order valence-electron chi connectivity index (χ4n) is 3.23. The summed E-state index contributed by atoms with van der Waals surface area (Å²) in [6.45, 7) is 4.18. The molecule has 2 rings (SSSR count). The molecule has 3 N–H and O–H groups in total. The fourth-order valence-corrected chi connectivity index (χ4v) is 4.73. The minimum Gasteiger partial charge on any atom is -0.329 e. The molecule has 0 aromatic heterocycles. The predicted molar refractivity (Wildman–Crippen MR) is 85.7 cm³/mol. The van der Waals surface area contributed by atoms with Gasteiger partial charge in [-0.2, -0.15) is 0 Å². The Morgan fingerprint density at radius 2 is 1.71 bits per heavy atom. The highest BCUT2D eigenvalue weighted by molar-refractivity contribution is 7.89. The number of hydrogen-bond acceptors (Lipinski definition) is 3. The summed E-state index contributed by atoms with van der Waals surface area (Å²) in [6.07, 6.45) is 5.73. The molecule has 0 saturated heterocycles. The highest BCUT2D eigenvalue weighted by Crippen LogP contribution is 2.27. The van der Waals surface area contributed by atoms with E-state index in [0.717, 1.165) is 24.0 Å². The Hall–Kier alpha value is -0.910. The molecule has 1 unspecified atom stereocenters. The first-order valence-electron chi connectivity index (χ1n) is 7.73. The number of benzene rings is 1. The van der Waals surface area contributed by atoms with Crippen molar-refractivity contribution in [2.45, 2.75) is 56.9 Å². The van der Waals surface area contributed by atoms with Gasteiger partial charge in [-0.25, -0.2) is 13.1 Å². The van der Waals surface area contributed by atoms with Crippen molar-refractivity contribution in [3.05, 3.63) is 29.3 Å². The topological polar surface area (TPSA) is 72.2 Å². The van der Waals surface area contributed by atoms with E-state index in [1.165, 1.54) is 19.3 Å². The van der Waals surface area contributed by atoms with Crippen molar-refractivity contribution in [1.82, 2.24) is 4.72 Å². The number of nitrogens with one attached hydrogen (secondary N) is 1. The maximum absolute atomic E-state index is 12.6. The molecule has 0 aliphatic heterocycles. The van der Waals surface area contributed by atoms with Crippen LogP contribution in [0.2, 0.25) is 0 Å². The normalized spacial score (nSPS) is 18.6. The zero-order valence-corrected chi connectivity index (χ0v) is 13.7. The van der Waals surface area contributed by atoms with E-state index in [1.807, 2.05) is 19.9 Å². The number of hydrogen-bond donors (Lipinski definition) is 2. The van der Waals surface area contributed by atoms with Crippen LogP contribution < -0.4 is 10.5 Å².